The molecule has 2 rings (SSSR count). The van der Waals surface area contributed by atoms with E-state index in [-0.39, 0.29) is 12.2 Å². The first kappa shape index (κ1) is 31.9. The molecule has 0 unspecified atom stereocenters. The first-order valence-corrected chi connectivity index (χ1v) is 14.7. The maximum Gasteiger partial charge on any atom is 0.472 e. The van der Waals surface area contributed by atoms with E-state index in [4.69, 9.17) is 4.74 Å². The van der Waals surface area contributed by atoms with Crippen LogP contribution in [0.5, 0.6) is 17.2 Å². The fraction of sp³-hybridized carbons (Fsp3) is 0.318. The van der Waals surface area contributed by atoms with Crippen LogP contribution in [0.2, 0.25) is 0 Å². The molecule has 0 aliphatic rings. The highest BCUT2D eigenvalue weighted by Crippen LogP contribution is 2.37. The van der Waals surface area contributed by atoms with Crippen LogP contribution in [0, 0.1) is 21.2 Å². The molecule has 4 N–H and O–H groups in total. The van der Waals surface area contributed by atoms with Gasteiger partial charge in [-0.2, -0.15) is 13.2 Å². The van der Waals surface area contributed by atoms with Crippen molar-refractivity contribution in [2.24, 2.45) is 0 Å². The average Bonchev–Trinajstić information content (AvgIpc) is 2.79. The van der Waals surface area contributed by atoms with Gasteiger partial charge in [0.15, 0.2) is 5.75 Å². The van der Waals surface area contributed by atoms with Crippen molar-refractivity contribution in [3.63, 3.8) is 0 Å². The predicted octanol–water partition coefficient (Wildman–Crippen LogP) is 5.82. The molecule has 197 valence electrons. The van der Waals surface area contributed by atoms with Crippen LogP contribution in [0.15, 0.2) is 24.3 Å². The smallest absolute Gasteiger partial charge is 0.472 e. The number of hydrogen-bond acceptors (Lipinski definition) is 5. The minimum atomic E-state index is -5.09. The summed E-state index contributed by atoms with van der Waals surface area (Å²) in [5.74, 6) is -1.47. The second kappa shape index (κ2) is 14.7. The number of rotatable bonds is 11. The van der Waals surface area contributed by atoms with Crippen molar-refractivity contribution in [3.05, 3.63) is 51.0 Å². The normalized spacial score (nSPS) is 12.2. The Morgan fingerprint density at radius 3 is 2.11 bits per heavy atom. The number of nitrogens with one attached hydrogen (secondary N) is 3. The van der Waals surface area contributed by atoms with Gasteiger partial charge in [0.05, 0.1) is 14.3 Å². The third-order valence-corrected chi connectivity index (χ3v) is 7.87. The zero-order chi connectivity index (χ0) is 27.0. The Balaban J connectivity index is 2.22. The van der Waals surface area contributed by atoms with Gasteiger partial charge in [-0.1, -0.05) is 19.8 Å². The molecule has 2 aromatic rings. The monoisotopic (exact) mass is 956 g/mol. The lowest BCUT2D eigenvalue weighted by molar-refractivity contribution is -0.175. The Morgan fingerprint density at radius 1 is 1.00 bits per heavy atom. The number of aromatic hydroxyl groups is 1. The predicted molar refractivity (Wildman–Crippen MR) is 163 cm³/mol. The van der Waals surface area contributed by atoms with Crippen molar-refractivity contribution < 1.29 is 32.6 Å². The van der Waals surface area contributed by atoms with Crippen molar-refractivity contribution in [1.29, 1.82) is 0 Å². The highest BCUT2D eigenvalue weighted by atomic mass is 127. The highest BCUT2D eigenvalue weighted by Gasteiger charge is 2.39. The molecule has 0 saturated carbocycles. The molecule has 0 spiro atoms. The summed E-state index contributed by atoms with van der Waals surface area (Å²) in [4.78, 5) is 23.9. The van der Waals surface area contributed by atoms with Gasteiger partial charge in [-0.25, -0.2) is 5.43 Å². The van der Waals surface area contributed by atoms with E-state index in [1.807, 2.05) is 45.2 Å². The SMILES string of the molecule is [CH2]CCCCNC(=O)[C@H](Cc1cc(I)c(Oc2cc(I)c(O)c(I)c2)c(I)c1)NNC(=O)C(F)(F)F. The number of ether oxygens (including phenoxy) is 1. The molecule has 0 aliphatic carbocycles. The van der Waals surface area contributed by atoms with Crippen molar-refractivity contribution >= 4 is 102 Å². The highest BCUT2D eigenvalue weighted by molar-refractivity contribution is 14.1. The summed E-state index contributed by atoms with van der Waals surface area (Å²) in [5, 5.41) is 12.6. The van der Waals surface area contributed by atoms with E-state index >= 15 is 0 Å². The topological polar surface area (TPSA) is 99.7 Å². The molecule has 1 radical (unpaired) electrons. The van der Waals surface area contributed by atoms with E-state index in [9.17, 15) is 27.9 Å². The van der Waals surface area contributed by atoms with Crippen LogP contribution >= 0.6 is 90.4 Å². The number of unbranched alkanes of at least 4 members (excludes halogenated alkanes) is 2. The second-order valence-corrected chi connectivity index (χ2v) is 12.1. The second-order valence-electron chi connectivity index (χ2n) is 7.43. The van der Waals surface area contributed by atoms with Crippen molar-refractivity contribution in [3.8, 4) is 17.2 Å². The zero-order valence-electron chi connectivity index (χ0n) is 18.4. The lowest BCUT2D eigenvalue weighted by Gasteiger charge is -2.20. The fourth-order valence-corrected chi connectivity index (χ4v) is 6.68. The summed E-state index contributed by atoms with van der Waals surface area (Å²) >= 11 is 8.15. The van der Waals surface area contributed by atoms with Crippen LogP contribution in [0.25, 0.3) is 0 Å². The molecule has 1 atom stereocenters. The number of carbonyl (C=O) groups excluding carboxylic acids is 2. The van der Waals surface area contributed by atoms with E-state index < -0.39 is 24.0 Å². The molecule has 0 aliphatic heterocycles. The molecule has 0 saturated heterocycles. The fourth-order valence-electron chi connectivity index (χ4n) is 2.85. The number of carbonyl (C=O) groups is 2. The van der Waals surface area contributed by atoms with Gasteiger partial charge in [0.1, 0.15) is 17.5 Å². The lowest BCUT2D eigenvalue weighted by Crippen LogP contribution is -2.55. The summed E-state index contributed by atoms with van der Waals surface area (Å²) in [6.07, 6.45) is -2.91. The van der Waals surface area contributed by atoms with E-state index in [1.165, 1.54) is 0 Å². The average molecular weight is 956 g/mol. The molecule has 0 bridgehead atoms. The summed E-state index contributed by atoms with van der Waals surface area (Å²) < 4.78 is 46.6. The summed E-state index contributed by atoms with van der Waals surface area (Å²) in [6.45, 7) is 4.06. The quantitative estimate of drug-likeness (QED) is 0.130. The summed E-state index contributed by atoms with van der Waals surface area (Å²) in [7, 11) is 0. The number of benzene rings is 2. The van der Waals surface area contributed by atoms with Crippen LogP contribution in [-0.4, -0.2) is 35.7 Å². The van der Waals surface area contributed by atoms with E-state index in [1.54, 1.807) is 29.7 Å². The molecule has 14 heteroatoms. The van der Waals surface area contributed by atoms with Gasteiger partial charge < -0.3 is 15.2 Å². The van der Waals surface area contributed by atoms with Crippen molar-refractivity contribution in [2.75, 3.05) is 6.54 Å². The Morgan fingerprint density at radius 2 is 1.58 bits per heavy atom. The van der Waals surface area contributed by atoms with Gasteiger partial charge in [-0.3, -0.25) is 15.0 Å². The molecular formula is C22H21F3I4N3O4. The van der Waals surface area contributed by atoms with Gasteiger partial charge in [-0.05, 0) is 133 Å². The summed E-state index contributed by atoms with van der Waals surface area (Å²) in [6, 6.07) is 5.76. The zero-order valence-corrected chi connectivity index (χ0v) is 27.1. The molecular weight excluding hydrogens is 935 g/mol. The van der Waals surface area contributed by atoms with Crippen LogP contribution in [0.4, 0.5) is 13.2 Å². The maximum absolute atomic E-state index is 12.7. The molecule has 7 nitrogen and oxygen atoms in total. The lowest BCUT2D eigenvalue weighted by atomic mass is 10.1. The number of amides is 2. The number of hydrogen-bond donors (Lipinski definition) is 4. The largest absolute Gasteiger partial charge is 0.506 e. The number of phenolic OH excluding ortho intramolecular Hbond substituents is 1. The summed E-state index contributed by atoms with van der Waals surface area (Å²) in [5.41, 5.74) is 4.45. The third kappa shape index (κ3) is 9.75. The van der Waals surface area contributed by atoms with Crippen molar-refractivity contribution in [1.82, 2.24) is 16.2 Å². The van der Waals surface area contributed by atoms with Gasteiger partial charge in [0.25, 0.3) is 0 Å². The molecule has 2 amide bonds. The van der Waals surface area contributed by atoms with Gasteiger partial charge >= 0.3 is 12.1 Å². The molecule has 36 heavy (non-hydrogen) atoms. The van der Waals surface area contributed by atoms with Crippen LogP contribution in [0.3, 0.4) is 0 Å². The first-order chi connectivity index (χ1) is 16.8. The number of halogens is 7. The van der Waals surface area contributed by atoms with Crippen molar-refractivity contribution in [2.45, 2.75) is 37.9 Å². The molecule has 2 aromatic carbocycles. The molecule has 0 heterocycles. The Hall–Kier alpha value is -0.350. The van der Waals surface area contributed by atoms with Gasteiger partial charge in [0.2, 0.25) is 5.91 Å². The number of alkyl halides is 3. The minimum Gasteiger partial charge on any atom is -0.506 e. The standard InChI is InChI=1S/C22H21F3I4N3O4/c1-2-3-4-5-30-20(34)17(31-32-21(35)22(23,24)25)8-11-6-15(28)19(16(29)7-11)36-12-9-13(26)18(33)14(27)10-12/h6-7,9-10,17,31,33H,1-5,8H2,(H,30,34)(H,32,35)/t17-/m0/s1. The Bertz CT molecular complexity index is 1060. The van der Waals surface area contributed by atoms with E-state index in [0.717, 1.165) is 6.42 Å². The Labute approximate surface area is 261 Å². The Kier molecular flexibility index (Phi) is 13.0. The first-order valence-electron chi connectivity index (χ1n) is 10.4. The van der Waals surface area contributed by atoms with Crippen LogP contribution in [0.1, 0.15) is 24.8 Å². The van der Waals surface area contributed by atoms with E-state index in [2.05, 4.69) is 62.8 Å². The van der Waals surface area contributed by atoms with Crippen LogP contribution < -0.4 is 20.9 Å². The minimum absolute atomic E-state index is 0.0145. The van der Waals surface area contributed by atoms with Gasteiger partial charge in [-0.15, -0.1) is 0 Å². The van der Waals surface area contributed by atoms with Gasteiger partial charge in [0, 0.05) is 6.54 Å². The molecule has 0 aromatic heterocycles. The molecule has 0 fully saturated rings. The number of phenols is 1. The van der Waals surface area contributed by atoms with E-state index in [0.29, 0.717) is 50.7 Å². The maximum atomic E-state index is 12.7. The third-order valence-electron chi connectivity index (χ3n) is 4.62. The number of hydrazine groups is 1. The van der Waals surface area contributed by atoms with Crippen LogP contribution in [-0.2, 0) is 16.0 Å².